The topological polar surface area (TPSA) is 61.9 Å². The van der Waals surface area contributed by atoms with Crippen molar-refractivity contribution in [3.63, 3.8) is 0 Å². The van der Waals surface area contributed by atoms with Crippen LogP contribution in [0.4, 0.5) is 14.2 Å². The van der Waals surface area contributed by atoms with E-state index in [4.69, 9.17) is 4.74 Å². The Kier molecular flexibility index (Phi) is 8.15. The van der Waals surface area contributed by atoms with Crippen molar-refractivity contribution in [3.05, 3.63) is 88.0 Å². The summed E-state index contributed by atoms with van der Waals surface area (Å²) < 4.78 is 18.9. The van der Waals surface area contributed by atoms with Crippen molar-refractivity contribution in [3.8, 4) is 0 Å². The number of hydrogen-bond donors (Lipinski definition) is 1. The third kappa shape index (κ3) is 5.89. The number of piperazine rings is 1. The van der Waals surface area contributed by atoms with Crippen LogP contribution in [0.5, 0.6) is 0 Å². The Morgan fingerprint density at radius 1 is 1.03 bits per heavy atom. The largest absolute Gasteiger partial charge is 0.450 e. The highest BCUT2D eigenvalue weighted by molar-refractivity contribution is 7.16. The zero-order chi connectivity index (χ0) is 24.8. The van der Waals surface area contributed by atoms with Gasteiger partial charge in [0.05, 0.1) is 12.6 Å². The summed E-state index contributed by atoms with van der Waals surface area (Å²) in [5.41, 5.74) is 2.50. The quantitative estimate of drug-likeness (QED) is 0.466. The van der Waals surface area contributed by atoms with Gasteiger partial charge in [-0.25, -0.2) is 9.18 Å². The molecule has 0 radical (unpaired) electrons. The van der Waals surface area contributed by atoms with Crippen LogP contribution in [0.15, 0.2) is 60.7 Å². The predicted molar refractivity (Wildman–Crippen MR) is 137 cm³/mol. The van der Waals surface area contributed by atoms with Crippen molar-refractivity contribution in [2.45, 2.75) is 26.3 Å². The van der Waals surface area contributed by atoms with E-state index in [2.05, 4.69) is 23.2 Å². The minimum absolute atomic E-state index is 0.165. The molecular formula is C27H30FN3O3S. The molecular weight excluding hydrogens is 465 g/mol. The first-order chi connectivity index (χ1) is 17.0. The van der Waals surface area contributed by atoms with Gasteiger partial charge >= 0.3 is 6.09 Å². The van der Waals surface area contributed by atoms with Gasteiger partial charge in [-0.3, -0.25) is 9.69 Å². The van der Waals surface area contributed by atoms with Gasteiger partial charge in [0.25, 0.3) is 5.91 Å². The standard InChI is InChI=1S/C27H30FN3O3S/c1-3-22-18-23(26(35-22)29-25(32)20-8-6-5-7-9-20)24(19-10-12-21(28)13-11-19)30-14-16-31(17-15-30)27(33)34-4-2/h5-13,18,24H,3-4,14-17H2,1-2H3,(H,29,32). The highest BCUT2D eigenvalue weighted by Gasteiger charge is 2.31. The summed E-state index contributed by atoms with van der Waals surface area (Å²) in [5.74, 6) is -0.460. The van der Waals surface area contributed by atoms with Crippen LogP contribution in [-0.2, 0) is 11.2 Å². The highest BCUT2D eigenvalue weighted by atomic mass is 32.1. The maximum Gasteiger partial charge on any atom is 0.409 e. The lowest BCUT2D eigenvalue weighted by Crippen LogP contribution is -2.50. The SMILES string of the molecule is CCOC(=O)N1CCN(C(c2ccc(F)cc2)c2cc(CC)sc2NC(=O)c2ccccc2)CC1. The van der Waals surface area contributed by atoms with Gasteiger partial charge in [-0.05, 0) is 49.2 Å². The van der Waals surface area contributed by atoms with E-state index in [0.29, 0.717) is 38.3 Å². The number of aryl methyl sites for hydroxylation is 1. The molecule has 1 N–H and O–H groups in total. The summed E-state index contributed by atoms with van der Waals surface area (Å²) in [7, 11) is 0. The van der Waals surface area contributed by atoms with E-state index in [-0.39, 0.29) is 23.9 Å². The maximum absolute atomic E-state index is 13.8. The molecule has 1 aliphatic rings. The van der Waals surface area contributed by atoms with Crippen LogP contribution in [0.1, 0.15) is 46.3 Å². The van der Waals surface area contributed by atoms with Crippen molar-refractivity contribution in [1.29, 1.82) is 0 Å². The minimum atomic E-state index is -0.301. The lowest BCUT2D eigenvalue weighted by Gasteiger charge is -2.39. The second kappa shape index (κ2) is 11.5. The maximum atomic E-state index is 13.8. The molecule has 184 valence electrons. The number of hydrogen-bond acceptors (Lipinski definition) is 5. The molecule has 1 atom stereocenters. The van der Waals surface area contributed by atoms with Crippen LogP contribution in [0.3, 0.4) is 0 Å². The van der Waals surface area contributed by atoms with E-state index in [1.807, 2.05) is 18.2 Å². The number of rotatable bonds is 7. The van der Waals surface area contributed by atoms with E-state index in [9.17, 15) is 14.0 Å². The predicted octanol–water partition coefficient (Wildman–Crippen LogP) is 5.57. The lowest BCUT2D eigenvalue weighted by molar-refractivity contribution is 0.0715. The number of halogens is 1. The van der Waals surface area contributed by atoms with Crippen LogP contribution in [-0.4, -0.2) is 54.6 Å². The highest BCUT2D eigenvalue weighted by Crippen LogP contribution is 2.40. The van der Waals surface area contributed by atoms with Crippen molar-refractivity contribution in [1.82, 2.24) is 9.80 Å². The van der Waals surface area contributed by atoms with E-state index in [1.54, 1.807) is 47.4 Å². The first kappa shape index (κ1) is 24.9. The van der Waals surface area contributed by atoms with Gasteiger partial charge in [-0.1, -0.05) is 37.3 Å². The smallest absolute Gasteiger partial charge is 0.409 e. The second-order valence-electron chi connectivity index (χ2n) is 8.35. The number of thiophene rings is 1. The van der Waals surface area contributed by atoms with Crippen molar-refractivity contribution >= 4 is 28.3 Å². The first-order valence-corrected chi connectivity index (χ1v) is 12.7. The molecule has 8 heteroatoms. The lowest BCUT2D eigenvalue weighted by atomic mass is 9.97. The Balaban J connectivity index is 1.66. The third-order valence-corrected chi connectivity index (χ3v) is 7.32. The van der Waals surface area contributed by atoms with Crippen LogP contribution in [0.2, 0.25) is 0 Å². The summed E-state index contributed by atoms with van der Waals surface area (Å²) in [6.45, 7) is 6.56. The Morgan fingerprint density at radius 3 is 2.34 bits per heavy atom. The molecule has 0 saturated carbocycles. The third-order valence-electron chi connectivity index (χ3n) is 6.11. The molecule has 2 amide bonds. The van der Waals surface area contributed by atoms with Crippen molar-refractivity contribution in [2.24, 2.45) is 0 Å². The Bertz CT molecular complexity index is 1140. The average molecular weight is 496 g/mol. The molecule has 0 aliphatic carbocycles. The van der Waals surface area contributed by atoms with Crippen LogP contribution in [0, 0.1) is 5.82 Å². The number of nitrogens with one attached hydrogen (secondary N) is 1. The van der Waals surface area contributed by atoms with E-state index >= 15 is 0 Å². The fourth-order valence-corrected chi connectivity index (χ4v) is 5.33. The fourth-order valence-electron chi connectivity index (χ4n) is 4.31. The Hall–Kier alpha value is -3.23. The summed E-state index contributed by atoms with van der Waals surface area (Å²) in [6.07, 6.45) is 0.538. The number of amides is 2. The summed E-state index contributed by atoms with van der Waals surface area (Å²) in [5, 5.41) is 3.91. The second-order valence-corrected chi connectivity index (χ2v) is 9.48. The number of ether oxygens (including phenoxy) is 1. The van der Waals surface area contributed by atoms with Gasteiger partial charge in [0, 0.05) is 42.2 Å². The molecule has 1 fully saturated rings. The van der Waals surface area contributed by atoms with Gasteiger partial charge in [-0.15, -0.1) is 11.3 Å². The molecule has 1 aliphatic heterocycles. The van der Waals surface area contributed by atoms with Crippen LogP contribution >= 0.6 is 11.3 Å². The summed E-state index contributed by atoms with van der Waals surface area (Å²) in [4.78, 5) is 30.3. The number of nitrogens with zero attached hydrogens (tertiary/aromatic N) is 2. The monoisotopic (exact) mass is 495 g/mol. The van der Waals surface area contributed by atoms with E-state index in [0.717, 1.165) is 27.4 Å². The molecule has 4 rings (SSSR count). The molecule has 35 heavy (non-hydrogen) atoms. The molecule has 1 unspecified atom stereocenters. The Morgan fingerprint density at radius 2 is 1.71 bits per heavy atom. The molecule has 2 heterocycles. The number of benzene rings is 2. The molecule has 0 spiro atoms. The number of carbonyl (C=O) groups is 2. The van der Waals surface area contributed by atoms with Gasteiger partial charge in [0.2, 0.25) is 0 Å². The molecule has 3 aromatic rings. The van der Waals surface area contributed by atoms with Gasteiger partial charge < -0.3 is 15.0 Å². The van der Waals surface area contributed by atoms with E-state index < -0.39 is 0 Å². The van der Waals surface area contributed by atoms with Crippen molar-refractivity contribution in [2.75, 3.05) is 38.1 Å². The molecule has 6 nitrogen and oxygen atoms in total. The summed E-state index contributed by atoms with van der Waals surface area (Å²) >= 11 is 1.57. The molecule has 2 aromatic carbocycles. The van der Waals surface area contributed by atoms with Crippen LogP contribution < -0.4 is 5.32 Å². The minimum Gasteiger partial charge on any atom is -0.450 e. The van der Waals surface area contributed by atoms with Crippen LogP contribution in [0.25, 0.3) is 0 Å². The average Bonchev–Trinajstić information content (AvgIpc) is 3.28. The van der Waals surface area contributed by atoms with Gasteiger partial charge in [0.1, 0.15) is 10.8 Å². The van der Waals surface area contributed by atoms with Gasteiger partial charge in [0.15, 0.2) is 0 Å². The Labute approximate surface area is 209 Å². The molecule has 1 saturated heterocycles. The summed E-state index contributed by atoms with van der Waals surface area (Å²) in [6, 6.07) is 17.6. The molecule has 0 bridgehead atoms. The van der Waals surface area contributed by atoms with Crippen molar-refractivity contribution < 1.29 is 18.7 Å². The van der Waals surface area contributed by atoms with Gasteiger partial charge in [-0.2, -0.15) is 0 Å². The normalized spacial score (nSPS) is 15.0. The first-order valence-electron chi connectivity index (χ1n) is 11.9. The molecule has 1 aromatic heterocycles. The van der Waals surface area contributed by atoms with E-state index in [1.165, 1.54) is 12.1 Å². The number of anilines is 1. The zero-order valence-electron chi connectivity index (χ0n) is 20.0. The number of carbonyl (C=O) groups excluding carboxylic acids is 2. The zero-order valence-corrected chi connectivity index (χ0v) is 20.8. The fraction of sp³-hybridized carbons (Fsp3) is 0.333.